The van der Waals surface area contributed by atoms with E-state index in [1.165, 1.54) is 4.90 Å². The van der Waals surface area contributed by atoms with Gasteiger partial charge in [0.1, 0.15) is 0 Å². The zero-order valence-corrected chi connectivity index (χ0v) is 22.6. The van der Waals surface area contributed by atoms with E-state index in [0.717, 1.165) is 46.7 Å². The van der Waals surface area contributed by atoms with Crippen molar-refractivity contribution in [3.05, 3.63) is 34.4 Å². The summed E-state index contributed by atoms with van der Waals surface area (Å²) in [6.45, 7) is 8.36. The van der Waals surface area contributed by atoms with Gasteiger partial charge in [-0.1, -0.05) is 36.7 Å². The van der Waals surface area contributed by atoms with Crippen LogP contribution in [0.5, 0.6) is 0 Å². The average molecular weight is 550 g/mol. The second-order valence-corrected chi connectivity index (χ2v) is 11.6. The second kappa shape index (κ2) is 10.1. The Kier molecular flexibility index (Phi) is 7.50. The number of carbonyl (C=O) groups is 2. The Morgan fingerprint density at radius 3 is 2.69 bits per heavy atom. The predicted octanol–water partition coefficient (Wildman–Crippen LogP) is 4.73. The summed E-state index contributed by atoms with van der Waals surface area (Å²) in [5, 5.41) is 10.8. The van der Waals surface area contributed by atoms with E-state index in [-0.39, 0.29) is 31.6 Å². The first-order chi connectivity index (χ1) is 16.6. The van der Waals surface area contributed by atoms with Crippen molar-refractivity contribution in [1.29, 1.82) is 0 Å². The lowest BCUT2D eigenvalue weighted by Crippen LogP contribution is -2.67. The SMILES string of the molecule is COCCCn1cc(CN(C(=O)[C@@]2(C(C)(C)C)CN(C(=O)O)CCO2)C2CC2)c2cc(Br)ccc21. The number of benzene rings is 1. The minimum absolute atomic E-state index is 0.0399. The van der Waals surface area contributed by atoms with Gasteiger partial charge in [0, 0.05) is 66.4 Å². The molecule has 0 bridgehead atoms. The predicted molar refractivity (Wildman–Crippen MR) is 137 cm³/mol. The Labute approximate surface area is 215 Å². The maximum absolute atomic E-state index is 14.3. The van der Waals surface area contributed by atoms with Gasteiger partial charge < -0.3 is 28.9 Å². The van der Waals surface area contributed by atoms with Crippen LogP contribution in [0.4, 0.5) is 4.79 Å². The zero-order chi connectivity index (χ0) is 25.4. The van der Waals surface area contributed by atoms with E-state index in [4.69, 9.17) is 9.47 Å². The van der Waals surface area contributed by atoms with Crippen LogP contribution in [0.1, 0.15) is 45.6 Å². The van der Waals surface area contributed by atoms with E-state index in [1.807, 2.05) is 31.7 Å². The van der Waals surface area contributed by atoms with E-state index in [0.29, 0.717) is 13.2 Å². The summed E-state index contributed by atoms with van der Waals surface area (Å²) in [6, 6.07) is 6.39. The largest absolute Gasteiger partial charge is 0.465 e. The molecular formula is C26H36BrN3O5. The number of amides is 2. The molecule has 1 saturated heterocycles. The normalized spacial score (nSPS) is 20.9. The lowest BCUT2D eigenvalue weighted by atomic mass is 9.74. The molecule has 0 unspecified atom stereocenters. The Morgan fingerprint density at radius 2 is 2.06 bits per heavy atom. The van der Waals surface area contributed by atoms with Crippen LogP contribution < -0.4 is 0 Å². The fourth-order valence-electron chi connectivity index (χ4n) is 4.99. The van der Waals surface area contributed by atoms with Gasteiger partial charge in [-0.15, -0.1) is 0 Å². The van der Waals surface area contributed by atoms with Crippen molar-refractivity contribution in [2.24, 2.45) is 5.41 Å². The van der Waals surface area contributed by atoms with Crippen LogP contribution >= 0.6 is 15.9 Å². The highest BCUT2D eigenvalue weighted by Gasteiger charge is 2.56. The number of carboxylic acid groups (broad SMARTS) is 1. The molecule has 1 N–H and O–H groups in total. The molecule has 2 aromatic rings. The number of hydrogen-bond donors (Lipinski definition) is 1. The molecule has 1 saturated carbocycles. The van der Waals surface area contributed by atoms with Crippen LogP contribution in [0, 0.1) is 5.41 Å². The van der Waals surface area contributed by atoms with Gasteiger partial charge in [0.05, 0.1) is 13.2 Å². The number of nitrogens with zero attached hydrogens (tertiary/aromatic N) is 3. The van der Waals surface area contributed by atoms with Gasteiger partial charge >= 0.3 is 6.09 Å². The van der Waals surface area contributed by atoms with Crippen molar-refractivity contribution >= 4 is 38.8 Å². The van der Waals surface area contributed by atoms with E-state index in [9.17, 15) is 14.7 Å². The maximum Gasteiger partial charge on any atom is 0.407 e. The summed E-state index contributed by atoms with van der Waals surface area (Å²) in [5.74, 6) is -0.117. The maximum atomic E-state index is 14.3. The van der Waals surface area contributed by atoms with Crippen molar-refractivity contribution in [1.82, 2.24) is 14.4 Å². The third-order valence-electron chi connectivity index (χ3n) is 7.21. The molecule has 8 nitrogen and oxygen atoms in total. The number of aryl methyl sites for hydroxylation is 1. The first-order valence-corrected chi connectivity index (χ1v) is 13.1. The Bertz CT molecular complexity index is 1090. The van der Waals surface area contributed by atoms with E-state index >= 15 is 0 Å². The van der Waals surface area contributed by atoms with Crippen LogP contribution in [0.25, 0.3) is 10.9 Å². The van der Waals surface area contributed by atoms with E-state index < -0.39 is 17.1 Å². The first kappa shape index (κ1) is 26.0. The summed E-state index contributed by atoms with van der Waals surface area (Å²) in [7, 11) is 1.71. The van der Waals surface area contributed by atoms with E-state index in [2.05, 4.69) is 38.8 Å². The molecule has 2 fully saturated rings. The molecule has 2 amide bonds. The average Bonchev–Trinajstić information content (AvgIpc) is 3.60. The topological polar surface area (TPSA) is 84.2 Å². The van der Waals surface area contributed by atoms with Crippen molar-refractivity contribution in [3.8, 4) is 0 Å². The molecule has 0 spiro atoms. The van der Waals surface area contributed by atoms with Crippen LogP contribution in [0.2, 0.25) is 0 Å². The monoisotopic (exact) mass is 549 g/mol. The quantitative estimate of drug-likeness (QED) is 0.481. The van der Waals surface area contributed by atoms with Crippen molar-refractivity contribution in [2.75, 3.05) is 33.4 Å². The molecule has 2 aliphatic rings. The van der Waals surface area contributed by atoms with Gasteiger partial charge in [-0.2, -0.15) is 0 Å². The Hall–Kier alpha value is -2.10. The molecule has 2 heterocycles. The molecule has 1 aromatic heterocycles. The Balaban J connectivity index is 1.69. The molecule has 1 atom stereocenters. The van der Waals surface area contributed by atoms with Gasteiger partial charge in [-0.05, 0) is 43.0 Å². The standard InChI is InChI=1S/C26H36BrN3O5/c1-25(2,3)26(17-29(24(32)33)11-13-35-26)23(31)30(20-7-8-20)16-18-15-28(10-5-12-34-4)22-9-6-19(27)14-21(18)22/h6,9,14-15,20H,5,7-8,10-13,16-17H2,1-4H3,(H,32,33)/t26-/m1/s1. The molecule has 1 aromatic carbocycles. The summed E-state index contributed by atoms with van der Waals surface area (Å²) in [4.78, 5) is 29.4. The number of carbonyl (C=O) groups excluding carboxylic acids is 1. The fourth-order valence-corrected chi connectivity index (χ4v) is 5.35. The number of aromatic nitrogens is 1. The lowest BCUT2D eigenvalue weighted by Gasteiger charge is -2.50. The summed E-state index contributed by atoms with van der Waals surface area (Å²) in [6.07, 6.45) is 3.92. The number of rotatable bonds is 8. The highest BCUT2D eigenvalue weighted by molar-refractivity contribution is 9.10. The smallest absolute Gasteiger partial charge is 0.407 e. The first-order valence-electron chi connectivity index (χ1n) is 12.3. The molecule has 35 heavy (non-hydrogen) atoms. The number of ether oxygens (including phenoxy) is 2. The second-order valence-electron chi connectivity index (χ2n) is 10.6. The molecule has 0 radical (unpaired) electrons. The van der Waals surface area contributed by atoms with Gasteiger partial charge in [0.15, 0.2) is 5.60 Å². The van der Waals surface area contributed by atoms with Crippen molar-refractivity contribution in [3.63, 3.8) is 0 Å². The highest BCUT2D eigenvalue weighted by Crippen LogP contribution is 2.42. The number of hydrogen-bond acceptors (Lipinski definition) is 4. The van der Waals surface area contributed by atoms with Gasteiger partial charge in [0.25, 0.3) is 5.91 Å². The Morgan fingerprint density at radius 1 is 1.31 bits per heavy atom. The lowest BCUT2D eigenvalue weighted by molar-refractivity contribution is -0.192. The third kappa shape index (κ3) is 5.22. The van der Waals surface area contributed by atoms with Crippen LogP contribution in [-0.2, 0) is 27.4 Å². The molecule has 192 valence electrons. The van der Waals surface area contributed by atoms with Crippen molar-refractivity contribution < 1.29 is 24.2 Å². The summed E-state index contributed by atoms with van der Waals surface area (Å²) < 4.78 is 14.7. The minimum Gasteiger partial charge on any atom is -0.465 e. The van der Waals surface area contributed by atoms with Crippen LogP contribution in [-0.4, -0.2) is 76.5 Å². The highest BCUT2D eigenvalue weighted by atomic mass is 79.9. The molecular weight excluding hydrogens is 514 g/mol. The molecule has 1 aliphatic carbocycles. The van der Waals surface area contributed by atoms with Crippen LogP contribution in [0.15, 0.2) is 28.9 Å². The van der Waals surface area contributed by atoms with Gasteiger partial charge in [-0.25, -0.2) is 4.79 Å². The van der Waals surface area contributed by atoms with Gasteiger partial charge in [0.2, 0.25) is 0 Å². The number of halogens is 1. The number of morpholine rings is 1. The molecule has 4 rings (SSSR count). The van der Waals surface area contributed by atoms with Crippen LogP contribution in [0.3, 0.4) is 0 Å². The minimum atomic E-state index is -1.23. The van der Waals surface area contributed by atoms with E-state index in [1.54, 1.807) is 7.11 Å². The zero-order valence-electron chi connectivity index (χ0n) is 21.1. The molecule has 1 aliphatic heterocycles. The number of methoxy groups -OCH3 is 1. The summed E-state index contributed by atoms with van der Waals surface area (Å²) in [5.41, 5.74) is 0.388. The molecule has 9 heteroatoms. The summed E-state index contributed by atoms with van der Waals surface area (Å²) >= 11 is 3.60. The number of fused-ring (bicyclic) bond motifs is 1. The fraction of sp³-hybridized carbons (Fsp3) is 0.615. The third-order valence-corrected chi connectivity index (χ3v) is 7.71. The van der Waals surface area contributed by atoms with Crippen molar-refractivity contribution in [2.45, 2.75) is 64.8 Å². The van der Waals surface area contributed by atoms with Gasteiger partial charge in [-0.3, -0.25) is 4.79 Å².